The fourth-order valence-electron chi connectivity index (χ4n) is 0.697. The number of ether oxygens (including phenoxy) is 1. The summed E-state index contributed by atoms with van der Waals surface area (Å²) in [4.78, 5) is 0. The Bertz CT molecular complexity index is 69.1. The van der Waals surface area contributed by atoms with Crippen LogP contribution in [0.25, 0.3) is 0 Å². The van der Waals surface area contributed by atoms with E-state index in [0.717, 1.165) is 6.42 Å². The fourth-order valence-corrected chi connectivity index (χ4v) is 0.697. The van der Waals surface area contributed by atoms with Gasteiger partial charge in [-0.25, -0.2) is 0 Å². The van der Waals surface area contributed by atoms with Crippen LogP contribution in [0.15, 0.2) is 12.7 Å². The summed E-state index contributed by atoms with van der Waals surface area (Å²) in [7, 11) is 0. The maximum Gasteiger partial charge on any atom is 0.0841 e. The Morgan fingerprint density at radius 3 is 2.80 bits per heavy atom. The summed E-state index contributed by atoms with van der Waals surface area (Å²) in [5.41, 5.74) is 0. The Hall–Kier alpha value is -0.300. The molecule has 0 bridgehead atoms. The normalized spacial score (nSPS) is 9.70. The molecule has 0 spiro atoms. The highest BCUT2D eigenvalue weighted by molar-refractivity contribution is 4.65. The monoisotopic (exact) mass is 141 g/mol. The van der Waals surface area contributed by atoms with Crippen molar-refractivity contribution in [1.29, 1.82) is 0 Å². The largest absolute Gasteiger partial charge is 0.371 e. The molecule has 0 aliphatic carbocycles. The summed E-state index contributed by atoms with van der Waals surface area (Å²) >= 11 is 0. The van der Waals surface area contributed by atoms with Crippen molar-refractivity contribution >= 4 is 0 Å². The maximum atomic E-state index is 5.09. The van der Waals surface area contributed by atoms with Gasteiger partial charge < -0.3 is 4.74 Å². The molecule has 0 amide bonds. The molecule has 0 aliphatic heterocycles. The third kappa shape index (κ3) is 7.70. The van der Waals surface area contributed by atoms with Crippen LogP contribution in [0.1, 0.15) is 32.6 Å². The Balaban J connectivity index is 2.70. The predicted octanol–water partition coefficient (Wildman–Crippen LogP) is 2.93. The van der Waals surface area contributed by atoms with Gasteiger partial charge in [0.05, 0.1) is 13.2 Å². The molecule has 0 saturated heterocycles. The van der Waals surface area contributed by atoms with Gasteiger partial charge in [-0.15, -0.1) is 6.58 Å². The van der Waals surface area contributed by atoms with E-state index < -0.39 is 0 Å². The van der Waals surface area contributed by atoms with Gasteiger partial charge in [-0.05, 0) is 6.42 Å². The van der Waals surface area contributed by atoms with Crippen molar-refractivity contribution in [3.05, 3.63) is 19.3 Å². The van der Waals surface area contributed by atoms with Crippen LogP contribution in [0.4, 0.5) is 0 Å². The molecule has 0 heterocycles. The van der Waals surface area contributed by atoms with E-state index in [0.29, 0.717) is 6.61 Å². The molecule has 0 N–H and O–H groups in total. The minimum absolute atomic E-state index is 0.645. The number of hydrogen-bond acceptors (Lipinski definition) is 1. The second-order valence-corrected chi connectivity index (χ2v) is 2.28. The summed E-state index contributed by atoms with van der Waals surface area (Å²) in [6, 6.07) is 0. The summed E-state index contributed by atoms with van der Waals surface area (Å²) in [5, 5.41) is 0. The molecule has 0 aromatic carbocycles. The Kier molecular flexibility index (Phi) is 8.44. The van der Waals surface area contributed by atoms with Gasteiger partial charge in [-0.2, -0.15) is 0 Å². The van der Waals surface area contributed by atoms with Gasteiger partial charge in [0.25, 0.3) is 0 Å². The van der Waals surface area contributed by atoms with Crippen LogP contribution in [0.3, 0.4) is 0 Å². The minimum Gasteiger partial charge on any atom is -0.371 e. The number of rotatable bonds is 7. The number of unbranched alkanes of at least 4 members (excludes halogenated alkanes) is 3. The smallest absolute Gasteiger partial charge is 0.0841 e. The highest BCUT2D eigenvalue weighted by atomic mass is 16.5. The molecular weight excluding hydrogens is 124 g/mol. The maximum absolute atomic E-state index is 5.09. The first-order valence-electron chi connectivity index (χ1n) is 3.96. The highest BCUT2D eigenvalue weighted by Gasteiger charge is 1.86. The zero-order chi connectivity index (χ0) is 7.66. The van der Waals surface area contributed by atoms with Crippen LogP contribution in [0.5, 0.6) is 0 Å². The second-order valence-electron chi connectivity index (χ2n) is 2.28. The van der Waals surface area contributed by atoms with Crippen molar-refractivity contribution in [2.75, 3.05) is 6.61 Å². The van der Waals surface area contributed by atoms with Crippen molar-refractivity contribution in [2.24, 2.45) is 0 Å². The Morgan fingerprint density at radius 2 is 2.20 bits per heavy atom. The zero-order valence-electron chi connectivity index (χ0n) is 6.81. The van der Waals surface area contributed by atoms with E-state index in [9.17, 15) is 0 Å². The van der Waals surface area contributed by atoms with Gasteiger partial charge in [0.1, 0.15) is 0 Å². The SMILES string of the molecule is C=CCO[CH]CCCCC. The third-order valence-electron chi connectivity index (χ3n) is 1.26. The van der Waals surface area contributed by atoms with Crippen LogP contribution in [0.2, 0.25) is 0 Å². The van der Waals surface area contributed by atoms with Gasteiger partial charge in [0, 0.05) is 0 Å². The van der Waals surface area contributed by atoms with Gasteiger partial charge in [0.15, 0.2) is 0 Å². The van der Waals surface area contributed by atoms with Gasteiger partial charge >= 0.3 is 0 Å². The molecule has 0 aromatic rings. The van der Waals surface area contributed by atoms with Crippen LogP contribution >= 0.6 is 0 Å². The quantitative estimate of drug-likeness (QED) is 0.391. The predicted molar refractivity (Wildman–Crippen MR) is 44.6 cm³/mol. The van der Waals surface area contributed by atoms with E-state index in [4.69, 9.17) is 4.74 Å². The summed E-state index contributed by atoms with van der Waals surface area (Å²) in [6.07, 6.45) is 6.65. The first-order valence-corrected chi connectivity index (χ1v) is 3.96. The van der Waals surface area contributed by atoms with Gasteiger partial charge in [0.2, 0.25) is 0 Å². The summed E-state index contributed by atoms with van der Waals surface area (Å²) in [5.74, 6) is 0. The van der Waals surface area contributed by atoms with Crippen LogP contribution < -0.4 is 0 Å². The lowest BCUT2D eigenvalue weighted by atomic mass is 10.2. The van der Waals surface area contributed by atoms with Crippen LogP contribution in [0, 0.1) is 6.61 Å². The molecule has 59 valence electrons. The Labute approximate surface area is 64.1 Å². The van der Waals surface area contributed by atoms with Crippen molar-refractivity contribution in [3.8, 4) is 0 Å². The minimum atomic E-state index is 0.645. The molecule has 0 fully saturated rings. The van der Waals surface area contributed by atoms with E-state index in [1.165, 1.54) is 19.3 Å². The zero-order valence-corrected chi connectivity index (χ0v) is 6.81. The van der Waals surface area contributed by atoms with E-state index in [1.54, 1.807) is 6.08 Å². The van der Waals surface area contributed by atoms with E-state index >= 15 is 0 Å². The standard InChI is InChI=1S/C9H17O/c1-3-5-6-7-9-10-8-4-2/h4,9H,2-3,5-8H2,1H3. The lowest BCUT2D eigenvalue weighted by Crippen LogP contribution is -1.86. The topological polar surface area (TPSA) is 9.23 Å². The molecular formula is C9H17O. The van der Waals surface area contributed by atoms with Crippen molar-refractivity contribution < 1.29 is 4.74 Å². The molecule has 1 nitrogen and oxygen atoms in total. The molecule has 10 heavy (non-hydrogen) atoms. The van der Waals surface area contributed by atoms with E-state index in [-0.39, 0.29) is 0 Å². The molecule has 0 aliphatic rings. The first-order chi connectivity index (χ1) is 4.91. The fraction of sp³-hybridized carbons (Fsp3) is 0.667. The molecule has 0 saturated carbocycles. The first kappa shape index (κ1) is 9.70. The van der Waals surface area contributed by atoms with Crippen LogP contribution in [-0.4, -0.2) is 6.61 Å². The molecule has 0 atom stereocenters. The molecule has 1 radical (unpaired) electrons. The highest BCUT2D eigenvalue weighted by Crippen LogP contribution is 2.01. The van der Waals surface area contributed by atoms with Gasteiger partial charge in [-0.1, -0.05) is 32.3 Å². The van der Waals surface area contributed by atoms with Crippen LogP contribution in [-0.2, 0) is 4.74 Å². The lowest BCUT2D eigenvalue weighted by Gasteiger charge is -1.98. The third-order valence-corrected chi connectivity index (χ3v) is 1.26. The van der Waals surface area contributed by atoms with Crippen molar-refractivity contribution in [2.45, 2.75) is 32.6 Å². The summed E-state index contributed by atoms with van der Waals surface area (Å²) < 4.78 is 5.09. The summed E-state index contributed by atoms with van der Waals surface area (Å²) in [6.45, 7) is 8.27. The second kappa shape index (κ2) is 8.70. The van der Waals surface area contributed by atoms with Gasteiger partial charge in [-0.3, -0.25) is 0 Å². The lowest BCUT2D eigenvalue weighted by molar-refractivity contribution is 0.222. The molecule has 0 rings (SSSR count). The average molecular weight is 141 g/mol. The Morgan fingerprint density at radius 1 is 1.40 bits per heavy atom. The molecule has 1 heteroatoms. The molecule has 0 aromatic heterocycles. The number of hydrogen-bond donors (Lipinski definition) is 0. The van der Waals surface area contributed by atoms with E-state index in [2.05, 4.69) is 13.5 Å². The van der Waals surface area contributed by atoms with Crippen molar-refractivity contribution in [3.63, 3.8) is 0 Å². The molecule has 0 unspecified atom stereocenters. The van der Waals surface area contributed by atoms with E-state index in [1.807, 2.05) is 6.61 Å². The van der Waals surface area contributed by atoms with Crippen molar-refractivity contribution in [1.82, 2.24) is 0 Å². The average Bonchev–Trinajstić information content (AvgIpc) is 1.97.